The molecule has 172 valence electrons. The number of thiophene rings is 1. The molecule has 0 unspecified atom stereocenters. The van der Waals surface area contributed by atoms with Crippen molar-refractivity contribution in [3.8, 4) is 0 Å². The van der Waals surface area contributed by atoms with E-state index in [1.165, 1.54) is 23.5 Å². The lowest BCUT2D eigenvalue weighted by Gasteiger charge is -2.04. The predicted molar refractivity (Wildman–Crippen MR) is 133 cm³/mol. The molecule has 2 aromatic heterocycles. The van der Waals surface area contributed by atoms with Crippen LogP contribution < -0.4 is 11.1 Å². The molecule has 0 bridgehead atoms. The second kappa shape index (κ2) is 11.0. The van der Waals surface area contributed by atoms with E-state index in [4.69, 9.17) is 21.9 Å². The molecular weight excluding hydrogens is 502 g/mol. The summed E-state index contributed by atoms with van der Waals surface area (Å²) < 4.78 is 29.3. The summed E-state index contributed by atoms with van der Waals surface area (Å²) in [6, 6.07) is 18.1. The first kappa shape index (κ1) is 25.0. The molecule has 2 aromatic carbocycles. The fourth-order valence-corrected chi connectivity index (χ4v) is 5.37. The summed E-state index contributed by atoms with van der Waals surface area (Å²) in [4.78, 5) is 17.5. The molecule has 0 aliphatic heterocycles. The van der Waals surface area contributed by atoms with E-state index in [-0.39, 0.29) is 9.99 Å². The summed E-state index contributed by atoms with van der Waals surface area (Å²) in [6.07, 6.45) is 1.62. The summed E-state index contributed by atoms with van der Waals surface area (Å²) in [6.45, 7) is 2.43. The van der Waals surface area contributed by atoms with E-state index in [0.717, 1.165) is 28.2 Å². The maximum atomic E-state index is 12.6. The zero-order valence-corrected chi connectivity index (χ0v) is 20.6. The maximum absolute atomic E-state index is 12.6. The molecule has 7 nitrogen and oxygen atoms in total. The van der Waals surface area contributed by atoms with E-state index in [9.17, 15) is 13.2 Å². The van der Waals surface area contributed by atoms with Crippen molar-refractivity contribution >= 4 is 61.0 Å². The summed E-state index contributed by atoms with van der Waals surface area (Å²) in [7, 11) is -4.05. The molecule has 33 heavy (non-hydrogen) atoms. The van der Waals surface area contributed by atoms with Crippen molar-refractivity contribution in [2.45, 2.75) is 17.7 Å². The van der Waals surface area contributed by atoms with Gasteiger partial charge in [0.15, 0.2) is 5.13 Å². The summed E-state index contributed by atoms with van der Waals surface area (Å²) >= 11 is 7.58. The summed E-state index contributed by atoms with van der Waals surface area (Å²) in [5, 5.41) is 3.91. The number of hydrogen-bond acceptors (Lipinski definition) is 8. The standard InChI is InChI=1S/C18H17N3OS.C4H3ClO3S2/c1-12-5-2-3-8-15(12)17(22)16-11-20-18(23-16)21-14-7-4-6-13(9-14)10-19;5-3-1-2-4(9-3)10(6,7)8/h2-9,11H,10,19H2,1H3,(H,20,21);1-2H,(H,6,7,8). The fourth-order valence-electron chi connectivity index (χ4n) is 2.73. The van der Waals surface area contributed by atoms with Crippen LogP contribution in [0.5, 0.6) is 0 Å². The van der Waals surface area contributed by atoms with Gasteiger partial charge in [-0.1, -0.05) is 59.3 Å². The maximum Gasteiger partial charge on any atom is 0.304 e. The number of hydrogen-bond donors (Lipinski definition) is 3. The van der Waals surface area contributed by atoms with E-state index in [0.29, 0.717) is 26.5 Å². The van der Waals surface area contributed by atoms with Crippen molar-refractivity contribution in [1.29, 1.82) is 0 Å². The van der Waals surface area contributed by atoms with Gasteiger partial charge in [0.2, 0.25) is 5.78 Å². The van der Waals surface area contributed by atoms with E-state index in [1.807, 2.05) is 55.5 Å². The molecule has 4 rings (SSSR count). The molecule has 0 aliphatic carbocycles. The molecular formula is C22H20ClN3O4S3. The minimum absolute atomic E-state index is 0.00404. The second-order valence-electron chi connectivity index (χ2n) is 6.74. The second-order valence-corrected chi connectivity index (χ2v) is 11.1. The van der Waals surface area contributed by atoms with Crippen LogP contribution in [0.25, 0.3) is 0 Å². The molecule has 4 N–H and O–H groups in total. The van der Waals surface area contributed by atoms with Crippen molar-refractivity contribution in [2.24, 2.45) is 5.73 Å². The molecule has 0 saturated carbocycles. The van der Waals surface area contributed by atoms with Gasteiger partial charge in [-0.05, 0) is 42.3 Å². The lowest BCUT2D eigenvalue weighted by atomic mass is 10.0. The number of aryl methyl sites for hydroxylation is 1. The number of thiazole rings is 1. The number of carbonyl (C=O) groups excluding carboxylic acids is 1. The molecule has 4 aromatic rings. The van der Waals surface area contributed by atoms with Gasteiger partial charge in [-0.3, -0.25) is 9.35 Å². The third-order valence-electron chi connectivity index (χ3n) is 4.34. The lowest BCUT2D eigenvalue weighted by Crippen LogP contribution is -2.00. The van der Waals surface area contributed by atoms with Crippen molar-refractivity contribution in [3.05, 3.63) is 92.8 Å². The Balaban J connectivity index is 0.000000257. The van der Waals surface area contributed by atoms with Gasteiger partial charge in [-0.2, -0.15) is 8.42 Å². The van der Waals surface area contributed by atoms with Gasteiger partial charge in [-0.15, -0.1) is 11.3 Å². The normalized spacial score (nSPS) is 10.9. The molecule has 0 saturated heterocycles. The number of aromatic nitrogens is 1. The number of ketones is 1. The van der Waals surface area contributed by atoms with E-state index >= 15 is 0 Å². The zero-order chi connectivity index (χ0) is 24.0. The van der Waals surface area contributed by atoms with Crippen LogP contribution in [0.3, 0.4) is 0 Å². The van der Waals surface area contributed by atoms with Crippen LogP contribution in [0.15, 0.2) is 71.1 Å². The molecule has 0 amide bonds. The zero-order valence-electron chi connectivity index (χ0n) is 17.4. The molecule has 0 fully saturated rings. The molecule has 0 radical (unpaired) electrons. The van der Waals surface area contributed by atoms with E-state index in [1.54, 1.807) is 6.20 Å². The van der Waals surface area contributed by atoms with Crippen LogP contribution in [-0.4, -0.2) is 23.7 Å². The van der Waals surface area contributed by atoms with Crippen molar-refractivity contribution in [1.82, 2.24) is 4.98 Å². The number of nitrogens with two attached hydrogens (primary N) is 1. The first-order valence-electron chi connectivity index (χ1n) is 9.52. The van der Waals surface area contributed by atoms with Gasteiger partial charge < -0.3 is 11.1 Å². The van der Waals surface area contributed by atoms with Crippen molar-refractivity contribution in [2.75, 3.05) is 5.32 Å². The highest BCUT2D eigenvalue weighted by Crippen LogP contribution is 2.26. The Labute approximate surface area is 204 Å². The smallest absolute Gasteiger partial charge is 0.304 e. The summed E-state index contributed by atoms with van der Waals surface area (Å²) in [5.41, 5.74) is 9.29. The monoisotopic (exact) mass is 521 g/mol. The van der Waals surface area contributed by atoms with Gasteiger partial charge in [-0.25, -0.2) is 4.98 Å². The topological polar surface area (TPSA) is 122 Å². The van der Waals surface area contributed by atoms with E-state index in [2.05, 4.69) is 10.3 Å². The average Bonchev–Trinajstić information content (AvgIpc) is 3.43. The first-order valence-corrected chi connectivity index (χ1v) is 13.0. The van der Waals surface area contributed by atoms with Gasteiger partial charge in [0.05, 0.1) is 15.4 Å². The Kier molecular flexibility index (Phi) is 8.35. The SMILES string of the molecule is Cc1ccccc1C(=O)c1cnc(Nc2cccc(CN)c2)s1.O=S(=O)(O)c1ccc(Cl)s1. The summed E-state index contributed by atoms with van der Waals surface area (Å²) in [5.74, 6) is 0.00404. The first-order chi connectivity index (χ1) is 15.7. The Morgan fingerprint density at radius 2 is 1.88 bits per heavy atom. The number of rotatable bonds is 6. The number of halogens is 1. The minimum atomic E-state index is -4.05. The number of benzene rings is 2. The third kappa shape index (κ3) is 6.94. The predicted octanol–water partition coefficient (Wildman–Crippen LogP) is 5.53. The van der Waals surface area contributed by atoms with Crippen molar-refractivity contribution in [3.63, 3.8) is 0 Å². The molecule has 2 heterocycles. The Morgan fingerprint density at radius 3 is 2.48 bits per heavy atom. The van der Waals surface area contributed by atoms with Crippen LogP contribution in [0, 0.1) is 6.92 Å². The molecule has 0 aliphatic rings. The Bertz CT molecular complexity index is 1370. The molecule has 0 spiro atoms. The van der Waals surface area contributed by atoms with Gasteiger partial charge >= 0.3 is 10.1 Å². The number of nitrogens with one attached hydrogen (secondary N) is 1. The Morgan fingerprint density at radius 1 is 1.12 bits per heavy atom. The van der Waals surface area contributed by atoms with Crippen LogP contribution in [0.2, 0.25) is 4.34 Å². The van der Waals surface area contributed by atoms with Crippen LogP contribution in [-0.2, 0) is 16.7 Å². The third-order valence-corrected chi connectivity index (χ3v) is 7.80. The minimum Gasteiger partial charge on any atom is -0.332 e. The lowest BCUT2D eigenvalue weighted by molar-refractivity contribution is 0.104. The number of carbonyl (C=O) groups is 1. The van der Waals surface area contributed by atoms with Gasteiger partial charge in [0.25, 0.3) is 0 Å². The molecule has 11 heteroatoms. The fraction of sp³-hybridized carbons (Fsp3) is 0.0909. The largest absolute Gasteiger partial charge is 0.332 e. The van der Waals surface area contributed by atoms with Gasteiger partial charge in [0.1, 0.15) is 4.21 Å². The number of nitrogens with zero attached hydrogens (tertiary/aromatic N) is 1. The highest BCUT2D eigenvalue weighted by molar-refractivity contribution is 7.88. The van der Waals surface area contributed by atoms with Crippen LogP contribution in [0.1, 0.15) is 26.4 Å². The average molecular weight is 522 g/mol. The van der Waals surface area contributed by atoms with Crippen LogP contribution >= 0.6 is 34.3 Å². The Hall–Kier alpha value is -2.60. The highest BCUT2D eigenvalue weighted by Gasteiger charge is 2.15. The van der Waals surface area contributed by atoms with E-state index < -0.39 is 10.1 Å². The van der Waals surface area contributed by atoms with Crippen LogP contribution in [0.4, 0.5) is 10.8 Å². The number of anilines is 2. The quantitative estimate of drug-likeness (QED) is 0.225. The highest BCUT2D eigenvalue weighted by atomic mass is 35.5. The van der Waals surface area contributed by atoms with Gasteiger partial charge in [0, 0.05) is 17.8 Å². The van der Waals surface area contributed by atoms with Crippen molar-refractivity contribution < 1.29 is 17.8 Å². The molecule has 0 atom stereocenters.